The van der Waals surface area contributed by atoms with Crippen LogP contribution in [0.25, 0.3) is 11.2 Å². The Bertz CT molecular complexity index is 1440. The summed E-state index contributed by atoms with van der Waals surface area (Å²) in [5.41, 5.74) is 9.66. The molecule has 4 aromatic rings. The van der Waals surface area contributed by atoms with Crippen molar-refractivity contribution in [3.63, 3.8) is 0 Å². The van der Waals surface area contributed by atoms with Crippen LogP contribution in [0.1, 0.15) is 30.2 Å². The fraction of sp³-hybridized carbons (Fsp3) is 0.419. The van der Waals surface area contributed by atoms with Gasteiger partial charge in [-0.1, -0.05) is 60.7 Å². The number of nitrogens with zero attached hydrogens (tertiary/aromatic N) is 5. The van der Waals surface area contributed by atoms with Crippen LogP contribution in [0.4, 0.5) is 5.82 Å². The van der Waals surface area contributed by atoms with Crippen molar-refractivity contribution in [1.82, 2.24) is 24.8 Å². The van der Waals surface area contributed by atoms with E-state index in [1.807, 2.05) is 36.4 Å². The lowest BCUT2D eigenvalue weighted by Crippen LogP contribution is -2.33. The van der Waals surface area contributed by atoms with Crippen molar-refractivity contribution in [1.29, 1.82) is 0 Å². The second-order valence-electron chi connectivity index (χ2n) is 10.5. The summed E-state index contributed by atoms with van der Waals surface area (Å²) in [5, 5.41) is 28.0. The number of hydrogen-bond acceptors (Lipinski definition) is 9. The van der Waals surface area contributed by atoms with E-state index < -0.39 is 24.5 Å². The predicted octanol–water partition coefficient (Wildman–Crippen LogP) is 2.76. The van der Waals surface area contributed by atoms with E-state index in [1.54, 1.807) is 22.7 Å². The van der Waals surface area contributed by atoms with Gasteiger partial charge in [-0.15, -0.1) is 0 Å². The molecule has 1 aliphatic rings. The maximum absolute atomic E-state index is 10.8. The summed E-state index contributed by atoms with van der Waals surface area (Å²) in [5.74, 6) is 2.45. The molecule has 0 unspecified atom stereocenters. The quantitative estimate of drug-likeness (QED) is 0.0777. The zero-order chi connectivity index (χ0) is 29.9. The van der Waals surface area contributed by atoms with Crippen molar-refractivity contribution >= 4 is 34.7 Å². The number of anilines is 1. The summed E-state index contributed by atoms with van der Waals surface area (Å²) >= 11 is 1.65. The molecular formula is C31H40N8O3S. The first-order valence-corrected chi connectivity index (χ1v) is 15.9. The number of aliphatic hydroxyl groups excluding tert-OH is 2. The molecule has 228 valence electrons. The van der Waals surface area contributed by atoms with Crippen molar-refractivity contribution < 1.29 is 14.9 Å². The molecule has 0 aliphatic carbocycles. The van der Waals surface area contributed by atoms with Crippen LogP contribution in [0.5, 0.6) is 0 Å². The van der Waals surface area contributed by atoms with Gasteiger partial charge in [0, 0.05) is 25.4 Å². The van der Waals surface area contributed by atoms with Crippen LogP contribution in [0.15, 0.2) is 78.3 Å². The predicted molar refractivity (Wildman–Crippen MR) is 171 cm³/mol. The number of fused-ring (bicyclic) bond motifs is 1. The zero-order valence-electron chi connectivity index (χ0n) is 24.1. The minimum Gasteiger partial charge on any atom is -0.387 e. The van der Waals surface area contributed by atoms with Gasteiger partial charge in [0.25, 0.3) is 0 Å². The number of aliphatic hydroxyl groups is 2. The average Bonchev–Trinajstić information content (AvgIpc) is 3.59. The van der Waals surface area contributed by atoms with Crippen LogP contribution in [0.3, 0.4) is 0 Å². The van der Waals surface area contributed by atoms with Crippen LogP contribution in [-0.2, 0) is 17.6 Å². The second-order valence-corrected chi connectivity index (χ2v) is 11.6. The first-order chi connectivity index (χ1) is 21.1. The van der Waals surface area contributed by atoms with E-state index in [0.29, 0.717) is 35.2 Å². The molecule has 0 spiro atoms. The molecule has 2 aromatic carbocycles. The van der Waals surface area contributed by atoms with Gasteiger partial charge >= 0.3 is 0 Å². The van der Waals surface area contributed by atoms with Gasteiger partial charge in [-0.25, -0.2) is 15.0 Å². The maximum Gasteiger partial charge on any atom is 0.188 e. The SMILES string of the molecule is NC(=NCCCSC[C@H]1O[C@@H](n2cnc3c(NCCCc4ccccc4)ncnc32)[C@H](O)[C@@H]1O)NCCc1ccccc1. The van der Waals surface area contributed by atoms with Crippen LogP contribution < -0.4 is 16.4 Å². The summed E-state index contributed by atoms with van der Waals surface area (Å²) in [7, 11) is 0. The molecule has 0 saturated carbocycles. The number of aryl methyl sites for hydroxylation is 1. The Morgan fingerprint density at radius 2 is 1.67 bits per heavy atom. The number of benzene rings is 2. The highest BCUT2D eigenvalue weighted by atomic mass is 32.2. The van der Waals surface area contributed by atoms with Gasteiger partial charge in [-0.05, 0) is 42.6 Å². The van der Waals surface area contributed by atoms with Crippen molar-refractivity contribution in [3.8, 4) is 0 Å². The number of imidazole rings is 1. The lowest BCUT2D eigenvalue weighted by molar-refractivity contribution is -0.0289. The number of guanidine groups is 1. The molecule has 0 bridgehead atoms. The average molecular weight is 605 g/mol. The smallest absolute Gasteiger partial charge is 0.188 e. The van der Waals surface area contributed by atoms with E-state index in [0.717, 1.165) is 44.5 Å². The van der Waals surface area contributed by atoms with Gasteiger partial charge in [0.2, 0.25) is 0 Å². The molecule has 4 atom stereocenters. The molecule has 5 rings (SSSR count). The Labute approximate surface area is 256 Å². The molecule has 0 amide bonds. The van der Waals surface area contributed by atoms with Crippen molar-refractivity contribution in [2.75, 3.05) is 36.5 Å². The van der Waals surface area contributed by atoms with Gasteiger partial charge in [0.05, 0.1) is 12.4 Å². The number of aliphatic imine (C=N–C) groups is 1. The third-order valence-electron chi connectivity index (χ3n) is 7.32. The summed E-state index contributed by atoms with van der Waals surface area (Å²) in [6.07, 6.45) is 3.25. The normalized spacial score (nSPS) is 20.5. The van der Waals surface area contributed by atoms with Gasteiger partial charge < -0.3 is 31.3 Å². The molecule has 1 aliphatic heterocycles. The standard InChI is InChI=1S/C31H40N8O3S/c32-31(35-17-14-23-11-5-2-6-12-23)34-16-8-18-43-19-24-26(40)27(41)30(42-24)39-21-38-25-28(36-20-37-29(25)39)33-15-7-13-22-9-3-1-4-10-22/h1-6,9-12,20-21,24,26-27,30,40-41H,7-8,13-19H2,(H3,32,34,35)(H,33,36,37)/t24-,26-,27-,30-/m1/s1. The topological polar surface area (TPSA) is 156 Å². The van der Waals surface area contributed by atoms with Gasteiger partial charge in [-0.2, -0.15) is 11.8 Å². The fourth-order valence-electron chi connectivity index (χ4n) is 5.01. The number of hydrogen-bond donors (Lipinski definition) is 5. The van der Waals surface area contributed by atoms with E-state index in [9.17, 15) is 10.2 Å². The number of aromatic nitrogens is 4. The zero-order valence-corrected chi connectivity index (χ0v) is 24.9. The lowest BCUT2D eigenvalue weighted by Gasteiger charge is -2.16. The Morgan fingerprint density at radius 3 is 2.44 bits per heavy atom. The first kappa shape index (κ1) is 30.7. The van der Waals surface area contributed by atoms with Crippen LogP contribution in [-0.4, -0.2) is 85.1 Å². The molecule has 1 fully saturated rings. The van der Waals surface area contributed by atoms with Crippen LogP contribution in [0, 0.1) is 0 Å². The summed E-state index contributed by atoms with van der Waals surface area (Å²) in [4.78, 5) is 17.7. The molecule has 6 N–H and O–H groups in total. The van der Waals surface area contributed by atoms with Gasteiger partial charge in [-0.3, -0.25) is 9.56 Å². The Kier molecular flexibility index (Phi) is 11.2. The van der Waals surface area contributed by atoms with E-state index in [1.165, 1.54) is 17.5 Å². The van der Waals surface area contributed by atoms with Crippen molar-refractivity contribution in [3.05, 3.63) is 84.4 Å². The molecule has 12 heteroatoms. The maximum atomic E-state index is 10.8. The second kappa shape index (κ2) is 15.7. The summed E-state index contributed by atoms with van der Waals surface area (Å²) in [6, 6.07) is 20.6. The molecule has 1 saturated heterocycles. The monoisotopic (exact) mass is 604 g/mol. The van der Waals surface area contributed by atoms with E-state index >= 15 is 0 Å². The highest BCUT2D eigenvalue weighted by molar-refractivity contribution is 7.99. The summed E-state index contributed by atoms with van der Waals surface area (Å²) < 4.78 is 7.79. The molecular weight excluding hydrogens is 564 g/mol. The lowest BCUT2D eigenvalue weighted by atomic mass is 10.1. The molecule has 2 aromatic heterocycles. The molecule has 3 heterocycles. The minimum atomic E-state index is -1.10. The number of rotatable bonds is 15. The van der Waals surface area contributed by atoms with Gasteiger partial charge in [0.1, 0.15) is 18.5 Å². The van der Waals surface area contributed by atoms with E-state index in [2.05, 4.69) is 54.8 Å². The van der Waals surface area contributed by atoms with Crippen molar-refractivity contribution in [2.45, 2.75) is 50.2 Å². The van der Waals surface area contributed by atoms with Crippen LogP contribution >= 0.6 is 11.8 Å². The van der Waals surface area contributed by atoms with E-state index in [4.69, 9.17) is 10.5 Å². The highest BCUT2D eigenvalue weighted by Gasteiger charge is 2.44. The Hall–Kier alpha value is -3.71. The third-order valence-corrected chi connectivity index (χ3v) is 8.46. The van der Waals surface area contributed by atoms with Gasteiger partial charge in [0.15, 0.2) is 29.2 Å². The number of nitrogens with one attached hydrogen (secondary N) is 2. The van der Waals surface area contributed by atoms with Crippen LogP contribution in [0.2, 0.25) is 0 Å². The van der Waals surface area contributed by atoms with Crippen molar-refractivity contribution in [2.24, 2.45) is 10.7 Å². The highest BCUT2D eigenvalue weighted by Crippen LogP contribution is 2.33. The number of thioether (sulfide) groups is 1. The Balaban J connectivity index is 1.05. The molecule has 43 heavy (non-hydrogen) atoms. The molecule has 0 radical (unpaired) electrons. The summed E-state index contributed by atoms with van der Waals surface area (Å²) in [6.45, 7) is 2.08. The minimum absolute atomic E-state index is 0.448. The first-order valence-electron chi connectivity index (χ1n) is 14.7. The third kappa shape index (κ3) is 8.44. The Morgan fingerprint density at radius 1 is 0.930 bits per heavy atom. The molecule has 11 nitrogen and oxygen atoms in total. The number of ether oxygens (including phenoxy) is 1. The number of nitrogens with two attached hydrogens (primary N) is 1. The van der Waals surface area contributed by atoms with E-state index in [-0.39, 0.29) is 0 Å². The fourth-order valence-corrected chi connectivity index (χ4v) is 6.02. The largest absolute Gasteiger partial charge is 0.387 e.